The van der Waals surface area contributed by atoms with E-state index >= 15 is 0 Å². The van der Waals surface area contributed by atoms with E-state index in [0.29, 0.717) is 14.9 Å². The van der Waals surface area contributed by atoms with Gasteiger partial charge in [0.2, 0.25) is 0 Å². The van der Waals surface area contributed by atoms with E-state index in [-0.39, 0.29) is 12.5 Å². The van der Waals surface area contributed by atoms with Crippen LogP contribution in [0.5, 0.6) is 0 Å². The van der Waals surface area contributed by atoms with Gasteiger partial charge in [0.25, 0.3) is 5.91 Å². The van der Waals surface area contributed by atoms with Crippen LogP contribution in [0.3, 0.4) is 0 Å². The maximum absolute atomic E-state index is 12.3. The first-order valence-electron chi connectivity index (χ1n) is 7.88. The van der Waals surface area contributed by atoms with E-state index in [1.165, 1.54) is 11.3 Å². The summed E-state index contributed by atoms with van der Waals surface area (Å²) in [5.74, 6) is -0.717. The summed E-state index contributed by atoms with van der Waals surface area (Å²) >= 11 is 13.4. The quantitative estimate of drug-likeness (QED) is 0.714. The molecule has 7 heteroatoms. The summed E-state index contributed by atoms with van der Waals surface area (Å²) in [6.45, 7) is 1.22. The highest BCUT2D eigenvalue weighted by molar-refractivity contribution is 7.21. The monoisotopic (exact) mass is 385 g/mol. The Labute approximate surface area is 154 Å². The van der Waals surface area contributed by atoms with Crippen molar-refractivity contribution >= 4 is 56.5 Å². The maximum atomic E-state index is 12.3. The van der Waals surface area contributed by atoms with E-state index in [1.54, 1.807) is 23.1 Å². The largest absolute Gasteiger partial charge is 0.451 e. The minimum absolute atomic E-state index is 0.148. The molecule has 1 aromatic carbocycles. The molecule has 0 N–H and O–H groups in total. The van der Waals surface area contributed by atoms with E-state index in [4.69, 9.17) is 27.9 Å². The third kappa shape index (κ3) is 3.85. The van der Waals surface area contributed by atoms with Crippen LogP contribution in [0, 0.1) is 0 Å². The predicted octanol–water partition coefficient (Wildman–Crippen LogP) is 4.77. The number of hydrogen-bond donors (Lipinski definition) is 0. The summed E-state index contributed by atoms with van der Waals surface area (Å²) in [6, 6.07) is 5.25. The van der Waals surface area contributed by atoms with Gasteiger partial charge < -0.3 is 9.64 Å². The third-order valence-electron chi connectivity index (χ3n) is 4.06. The first-order chi connectivity index (χ1) is 11.6. The fourth-order valence-corrected chi connectivity index (χ4v) is 4.45. The van der Waals surface area contributed by atoms with E-state index in [1.807, 2.05) is 0 Å². The van der Waals surface area contributed by atoms with Gasteiger partial charge in [-0.05, 0) is 25.0 Å². The van der Waals surface area contributed by atoms with E-state index in [0.717, 1.165) is 48.9 Å². The Kier molecular flexibility index (Phi) is 5.64. The fraction of sp³-hybridized carbons (Fsp3) is 0.412. The van der Waals surface area contributed by atoms with Crippen molar-refractivity contribution in [3.63, 3.8) is 0 Å². The van der Waals surface area contributed by atoms with E-state index in [9.17, 15) is 9.59 Å². The van der Waals surface area contributed by atoms with Gasteiger partial charge in [-0.25, -0.2) is 4.79 Å². The zero-order valence-electron chi connectivity index (χ0n) is 13.0. The number of rotatable bonds is 3. The molecule has 1 saturated heterocycles. The SMILES string of the molecule is O=C(OCC(=O)N1CCCCCC1)c1sc2cc(Cl)ccc2c1Cl. The van der Waals surface area contributed by atoms with Crippen LogP contribution in [-0.4, -0.2) is 36.5 Å². The van der Waals surface area contributed by atoms with Gasteiger partial charge >= 0.3 is 5.97 Å². The molecular formula is C17H17Cl2NO3S. The lowest BCUT2D eigenvalue weighted by Crippen LogP contribution is -2.35. The molecule has 2 aromatic rings. The maximum Gasteiger partial charge on any atom is 0.350 e. The van der Waals surface area contributed by atoms with Crippen LogP contribution in [0.4, 0.5) is 0 Å². The fourth-order valence-electron chi connectivity index (χ4n) is 2.77. The molecule has 128 valence electrons. The number of esters is 1. The first kappa shape index (κ1) is 17.5. The minimum Gasteiger partial charge on any atom is -0.451 e. The molecule has 0 atom stereocenters. The number of carbonyl (C=O) groups excluding carboxylic acids is 2. The van der Waals surface area contributed by atoms with Gasteiger partial charge in [0, 0.05) is 28.2 Å². The van der Waals surface area contributed by atoms with Gasteiger partial charge in [-0.2, -0.15) is 0 Å². The van der Waals surface area contributed by atoms with Gasteiger partial charge in [-0.1, -0.05) is 42.1 Å². The number of fused-ring (bicyclic) bond motifs is 1. The number of nitrogens with zero attached hydrogens (tertiary/aromatic N) is 1. The van der Waals surface area contributed by atoms with Crippen LogP contribution in [0.25, 0.3) is 10.1 Å². The predicted molar refractivity (Wildman–Crippen MR) is 97.2 cm³/mol. The Morgan fingerprint density at radius 1 is 1.12 bits per heavy atom. The average molecular weight is 386 g/mol. The topological polar surface area (TPSA) is 46.6 Å². The highest BCUT2D eigenvalue weighted by atomic mass is 35.5. The Morgan fingerprint density at radius 2 is 1.83 bits per heavy atom. The number of carbonyl (C=O) groups is 2. The third-order valence-corrected chi connectivity index (χ3v) is 5.93. The van der Waals surface area contributed by atoms with Crippen molar-refractivity contribution in [3.05, 3.63) is 33.1 Å². The van der Waals surface area contributed by atoms with Gasteiger partial charge in [-0.15, -0.1) is 11.3 Å². The standard InChI is InChI=1S/C17H17Cl2NO3S/c18-11-5-6-12-13(9-11)24-16(15(12)19)17(22)23-10-14(21)20-7-3-1-2-4-8-20/h5-6,9H,1-4,7-8,10H2. The molecule has 0 radical (unpaired) electrons. The molecule has 0 spiro atoms. The van der Waals surface area contributed by atoms with Crippen LogP contribution in [0.1, 0.15) is 35.4 Å². The van der Waals surface area contributed by atoms with Crippen LogP contribution in [-0.2, 0) is 9.53 Å². The summed E-state index contributed by atoms with van der Waals surface area (Å²) in [5.41, 5.74) is 0. The lowest BCUT2D eigenvalue weighted by Gasteiger charge is -2.19. The van der Waals surface area contributed by atoms with Crippen molar-refractivity contribution in [2.45, 2.75) is 25.7 Å². The zero-order valence-corrected chi connectivity index (χ0v) is 15.3. The highest BCUT2D eigenvalue weighted by Crippen LogP contribution is 2.37. The molecule has 0 bridgehead atoms. The summed E-state index contributed by atoms with van der Waals surface area (Å²) in [6.07, 6.45) is 4.29. The molecular weight excluding hydrogens is 369 g/mol. The molecule has 1 amide bonds. The normalized spacial score (nSPS) is 15.3. The van der Waals surface area contributed by atoms with Gasteiger partial charge in [0.05, 0.1) is 5.02 Å². The average Bonchev–Trinajstić information content (AvgIpc) is 2.76. The van der Waals surface area contributed by atoms with Crippen molar-refractivity contribution in [2.24, 2.45) is 0 Å². The number of halogens is 2. The number of hydrogen-bond acceptors (Lipinski definition) is 4. The first-order valence-corrected chi connectivity index (χ1v) is 9.46. The van der Waals surface area contributed by atoms with Crippen molar-refractivity contribution in [1.82, 2.24) is 4.90 Å². The molecule has 0 saturated carbocycles. The lowest BCUT2D eigenvalue weighted by atomic mass is 10.2. The van der Waals surface area contributed by atoms with Gasteiger partial charge in [0.1, 0.15) is 4.88 Å². The molecule has 4 nitrogen and oxygen atoms in total. The Balaban J connectivity index is 1.66. The molecule has 1 aliphatic rings. The Morgan fingerprint density at radius 3 is 2.54 bits per heavy atom. The van der Waals surface area contributed by atoms with E-state index in [2.05, 4.69) is 0 Å². The number of likely N-dealkylation sites (tertiary alicyclic amines) is 1. The molecule has 24 heavy (non-hydrogen) atoms. The van der Waals surface area contributed by atoms with Crippen molar-refractivity contribution in [2.75, 3.05) is 19.7 Å². The second-order valence-electron chi connectivity index (χ2n) is 5.76. The molecule has 1 aromatic heterocycles. The Bertz CT molecular complexity index is 767. The van der Waals surface area contributed by atoms with Crippen LogP contribution >= 0.6 is 34.5 Å². The number of benzene rings is 1. The molecule has 1 aliphatic heterocycles. The minimum atomic E-state index is -0.569. The van der Waals surface area contributed by atoms with Crippen LogP contribution in [0.2, 0.25) is 10.0 Å². The second-order valence-corrected chi connectivity index (χ2v) is 7.62. The van der Waals surface area contributed by atoms with Crippen molar-refractivity contribution < 1.29 is 14.3 Å². The number of ether oxygens (including phenoxy) is 1. The smallest absolute Gasteiger partial charge is 0.350 e. The molecule has 0 unspecified atom stereocenters. The summed E-state index contributed by atoms with van der Waals surface area (Å²) in [4.78, 5) is 26.5. The zero-order chi connectivity index (χ0) is 17.1. The van der Waals surface area contributed by atoms with Gasteiger partial charge in [0.15, 0.2) is 6.61 Å². The molecule has 1 fully saturated rings. The summed E-state index contributed by atoms with van der Waals surface area (Å²) in [5, 5.41) is 1.69. The highest BCUT2D eigenvalue weighted by Gasteiger charge is 2.21. The molecule has 0 aliphatic carbocycles. The van der Waals surface area contributed by atoms with Crippen LogP contribution < -0.4 is 0 Å². The van der Waals surface area contributed by atoms with Crippen LogP contribution in [0.15, 0.2) is 18.2 Å². The lowest BCUT2D eigenvalue weighted by molar-refractivity contribution is -0.134. The van der Waals surface area contributed by atoms with Crippen molar-refractivity contribution in [1.29, 1.82) is 0 Å². The van der Waals surface area contributed by atoms with E-state index < -0.39 is 5.97 Å². The molecule has 3 rings (SSSR count). The number of thiophene rings is 1. The molecule has 2 heterocycles. The summed E-state index contributed by atoms with van der Waals surface area (Å²) in [7, 11) is 0. The second kappa shape index (κ2) is 7.72. The Hall–Kier alpha value is -1.30. The number of amides is 1. The van der Waals surface area contributed by atoms with Gasteiger partial charge in [-0.3, -0.25) is 4.79 Å². The van der Waals surface area contributed by atoms with Crippen molar-refractivity contribution in [3.8, 4) is 0 Å². The summed E-state index contributed by atoms with van der Waals surface area (Å²) < 4.78 is 6.01.